The van der Waals surface area contributed by atoms with Gasteiger partial charge in [0, 0.05) is 8.96 Å². The molecular formula is C18H18Br2O4. The van der Waals surface area contributed by atoms with Crippen LogP contribution in [0.5, 0.6) is 23.0 Å². The lowest BCUT2D eigenvalue weighted by molar-refractivity contribution is 0.355. The van der Waals surface area contributed by atoms with Crippen LogP contribution in [0.3, 0.4) is 0 Å². The van der Waals surface area contributed by atoms with Crippen molar-refractivity contribution in [3.8, 4) is 23.0 Å². The van der Waals surface area contributed by atoms with Crippen LogP contribution in [0.4, 0.5) is 0 Å². The zero-order chi connectivity index (χ0) is 17.7. The van der Waals surface area contributed by atoms with Crippen molar-refractivity contribution in [3.05, 3.63) is 47.5 Å². The van der Waals surface area contributed by atoms with Gasteiger partial charge < -0.3 is 18.9 Å². The average molecular weight is 458 g/mol. The fraction of sp³-hybridized carbons (Fsp3) is 0.222. The molecule has 0 unspecified atom stereocenters. The van der Waals surface area contributed by atoms with Crippen molar-refractivity contribution >= 4 is 40.8 Å². The predicted molar refractivity (Wildman–Crippen MR) is 104 cm³/mol. The molecule has 2 aromatic rings. The van der Waals surface area contributed by atoms with Crippen molar-refractivity contribution in [1.29, 1.82) is 0 Å². The maximum absolute atomic E-state index is 5.36. The monoisotopic (exact) mass is 456 g/mol. The molecule has 6 heteroatoms. The van der Waals surface area contributed by atoms with Crippen molar-refractivity contribution in [1.82, 2.24) is 0 Å². The van der Waals surface area contributed by atoms with Gasteiger partial charge >= 0.3 is 0 Å². The van der Waals surface area contributed by atoms with E-state index in [1.807, 2.05) is 36.4 Å². The smallest absolute Gasteiger partial charge is 0.161 e. The van der Waals surface area contributed by atoms with Crippen LogP contribution in [0.25, 0.3) is 8.96 Å². The van der Waals surface area contributed by atoms with Crippen molar-refractivity contribution in [2.45, 2.75) is 0 Å². The maximum Gasteiger partial charge on any atom is 0.161 e. The summed E-state index contributed by atoms with van der Waals surface area (Å²) in [6, 6.07) is 11.4. The molecule has 0 radical (unpaired) electrons. The third kappa shape index (κ3) is 3.87. The van der Waals surface area contributed by atoms with Gasteiger partial charge in [-0.25, -0.2) is 0 Å². The van der Waals surface area contributed by atoms with Crippen LogP contribution in [-0.2, 0) is 0 Å². The van der Waals surface area contributed by atoms with E-state index in [2.05, 4.69) is 31.9 Å². The first-order chi connectivity index (χ1) is 11.5. The summed E-state index contributed by atoms with van der Waals surface area (Å²) in [4.78, 5) is 0. The third-order valence-corrected chi connectivity index (χ3v) is 5.71. The molecule has 4 nitrogen and oxygen atoms in total. The Bertz CT molecular complexity index is 693. The SMILES string of the molecule is COc1ccc(/C(Br)=C(\Br)c2ccc(OC)c(OC)c2)cc1OC. The molecule has 2 rings (SSSR count). The summed E-state index contributed by atoms with van der Waals surface area (Å²) in [6.07, 6.45) is 0. The Kier molecular flexibility index (Phi) is 6.57. The molecule has 0 saturated heterocycles. The van der Waals surface area contributed by atoms with Crippen LogP contribution < -0.4 is 18.9 Å². The minimum absolute atomic E-state index is 0.666. The maximum atomic E-state index is 5.36. The first kappa shape index (κ1) is 18.7. The first-order valence-electron chi connectivity index (χ1n) is 7.05. The zero-order valence-electron chi connectivity index (χ0n) is 13.9. The normalized spacial score (nSPS) is 11.6. The quantitative estimate of drug-likeness (QED) is 0.549. The molecule has 128 valence electrons. The number of benzene rings is 2. The van der Waals surface area contributed by atoms with Crippen LogP contribution in [-0.4, -0.2) is 28.4 Å². The van der Waals surface area contributed by atoms with Crippen molar-refractivity contribution in [2.24, 2.45) is 0 Å². The Labute approximate surface area is 158 Å². The summed E-state index contributed by atoms with van der Waals surface area (Å²) >= 11 is 7.29. The highest BCUT2D eigenvalue weighted by Gasteiger charge is 2.13. The highest BCUT2D eigenvalue weighted by atomic mass is 79.9. The van der Waals surface area contributed by atoms with Crippen LogP contribution in [0, 0.1) is 0 Å². The number of methoxy groups -OCH3 is 4. The first-order valence-corrected chi connectivity index (χ1v) is 8.64. The minimum Gasteiger partial charge on any atom is -0.493 e. The second-order valence-electron chi connectivity index (χ2n) is 4.77. The van der Waals surface area contributed by atoms with E-state index in [0.29, 0.717) is 23.0 Å². The molecule has 2 aromatic carbocycles. The van der Waals surface area contributed by atoms with Gasteiger partial charge in [0.05, 0.1) is 28.4 Å². The van der Waals surface area contributed by atoms with E-state index in [4.69, 9.17) is 18.9 Å². The molecule has 0 spiro atoms. The molecule has 0 bridgehead atoms. The summed E-state index contributed by atoms with van der Waals surface area (Å²) in [5.74, 6) is 2.70. The van der Waals surface area contributed by atoms with Gasteiger partial charge in [0.25, 0.3) is 0 Å². The highest BCUT2D eigenvalue weighted by molar-refractivity contribution is 9.18. The Morgan fingerprint density at radius 3 is 1.21 bits per heavy atom. The fourth-order valence-electron chi connectivity index (χ4n) is 2.20. The zero-order valence-corrected chi connectivity index (χ0v) is 17.0. The average Bonchev–Trinajstić information content (AvgIpc) is 2.65. The molecule has 0 atom stereocenters. The van der Waals surface area contributed by atoms with Gasteiger partial charge in [-0.05, 0) is 79.4 Å². The summed E-state index contributed by atoms with van der Waals surface area (Å²) in [5, 5.41) is 0. The lowest BCUT2D eigenvalue weighted by Gasteiger charge is -2.12. The van der Waals surface area contributed by atoms with E-state index in [1.54, 1.807) is 28.4 Å². The molecule has 0 saturated carbocycles. The van der Waals surface area contributed by atoms with Crippen molar-refractivity contribution in [3.63, 3.8) is 0 Å². The van der Waals surface area contributed by atoms with E-state index >= 15 is 0 Å². The van der Waals surface area contributed by atoms with Gasteiger partial charge in [-0.3, -0.25) is 0 Å². The topological polar surface area (TPSA) is 36.9 Å². The molecule has 0 aliphatic heterocycles. The van der Waals surface area contributed by atoms with Crippen LogP contribution in [0.15, 0.2) is 36.4 Å². The van der Waals surface area contributed by atoms with Gasteiger partial charge in [0.2, 0.25) is 0 Å². The molecule has 0 N–H and O–H groups in total. The van der Waals surface area contributed by atoms with Gasteiger partial charge in [0.15, 0.2) is 23.0 Å². The molecule has 0 aromatic heterocycles. The number of halogens is 2. The number of hydrogen-bond acceptors (Lipinski definition) is 4. The third-order valence-electron chi connectivity index (χ3n) is 3.47. The Balaban J connectivity index is 2.47. The van der Waals surface area contributed by atoms with Gasteiger partial charge in [-0.15, -0.1) is 0 Å². The lowest BCUT2D eigenvalue weighted by atomic mass is 10.1. The van der Waals surface area contributed by atoms with Crippen LogP contribution in [0.1, 0.15) is 11.1 Å². The molecule has 0 fully saturated rings. The number of rotatable bonds is 6. The van der Waals surface area contributed by atoms with E-state index in [1.165, 1.54) is 0 Å². The predicted octanol–water partition coefficient (Wildman–Crippen LogP) is 5.34. The molecule has 0 amide bonds. The molecule has 0 heterocycles. The Morgan fingerprint density at radius 2 is 0.917 bits per heavy atom. The fourth-order valence-corrected chi connectivity index (χ4v) is 3.15. The van der Waals surface area contributed by atoms with Crippen molar-refractivity contribution < 1.29 is 18.9 Å². The number of ether oxygens (including phenoxy) is 4. The van der Waals surface area contributed by atoms with Gasteiger partial charge in [-0.2, -0.15) is 0 Å². The summed E-state index contributed by atoms with van der Waals surface area (Å²) in [7, 11) is 6.45. The lowest BCUT2D eigenvalue weighted by Crippen LogP contribution is -1.93. The van der Waals surface area contributed by atoms with Crippen LogP contribution in [0.2, 0.25) is 0 Å². The molecule has 0 aliphatic carbocycles. The summed E-state index contributed by atoms with van der Waals surface area (Å²) < 4.78 is 23.0. The van der Waals surface area contributed by atoms with Crippen molar-refractivity contribution in [2.75, 3.05) is 28.4 Å². The largest absolute Gasteiger partial charge is 0.493 e. The van der Waals surface area contributed by atoms with E-state index in [9.17, 15) is 0 Å². The van der Waals surface area contributed by atoms with Gasteiger partial charge in [-0.1, -0.05) is 0 Å². The second-order valence-corrected chi connectivity index (χ2v) is 6.35. The number of hydrogen-bond donors (Lipinski definition) is 0. The Morgan fingerprint density at radius 1 is 0.583 bits per heavy atom. The van der Waals surface area contributed by atoms with E-state index in [0.717, 1.165) is 20.1 Å². The molecular weight excluding hydrogens is 440 g/mol. The summed E-state index contributed by atoms with van der Waals surface area (Å²) in [6.45, 7) is 0. The second kappa shape index (κ2) is 8.44. The Hall–Kier alpha value is -1.66. The highest BCUT2D eigenvalue weighted by Crippen LogP contribution is 2.40. The van der Waals surface area contributed by atoms with Crippen LogP contribution >= 0.6 is 31.9 Å². The molecule has 0 aliphatic rings. The van der Waals surface area contributed by atoms with E-state index < -0.39 is 0 Å². The summed E-state index contributed by atoms with van der Waals surface area (Å²) in [5.41, 5.74) is 1.91. The standard InChI is InChI=1S/C18H18Br2O4/c1-21-13-7-5-11(9-15(13)23-3)17(19)18(20)12-6-8-14(22-2)16(10-12)24-4/h5-10H,1-4H3/b18-17+. The van der Waals surface area contributed by atoms with Gasteiger partial charge in [0.1, 0.15) is 0 Å². The minimum atomic E-state index is 0.666. The van der Waals surface area contributed by atoms with E-state index in [-0.39, 0.29) is 0 Å². The molecule has 24 heavy (non-hydrogen) atoms.